The molecule has 0 saturated heterocycles. The number of aromatic nitrogens is 1. The number of hydrogen-bond donors (Lipinski definition) is 0. The molecule has 0 saturated carbocycles. The summed E-state index contributed by atoms with van der Waals surface area (Å²) in [7, 11) is 3.95. The van der Waals surface area contributed by atoms with Gasteiger partial charge in [-0.2, -0.15) is 0 Å². The Labute approximate surface area is 71.5 Å². The van der Waals surface area contributed by atoms with Gasteiger partial charge in [0.2, 0.25) is 0 Å². The number of hydrogen-bond acceptors (Lipinski definition) is 2. The van der Waals surface area contributed by atoms with Crippen molar-refractivity contribution in [3.05, 3.63) is 24.4 Å². The molecule has 55 valence electrons. The van der Waals surface area contributed by atoms with Gasteiger partial charge in [0.1, 0.15) is 5.82 Å². The van der Waals surface area contributed by atoms with Gasteiger partial charge in [0.05, 0.1) is 0 Å². The third-order valence-electron chi connectivity index (χ3n) is 1.11. The van der Waals surface area contributed by atoms with Crippen LogP contribution in [0.4, 0.5) is 5.82 Å². The largest absolute Gasteiger partial charge is 2.00 e. The Balaban J connectivity index is 0.000000810. The van der Waals surface area contributed by atoms with Crippen LogP contribution in [0, 0.1) is 0 Å². The molecule has 0 fully saturated rings. The van der Waals surface area contributed by atoms with Crippen molar-refractivity contribution in [2.75, 3.05) is 19.0 Å². The summed E-state index contributed by atoms with van der Waals surface area (Å²) in [5.41, 5.74) is 0. The van der Waals surface area contributed by atoms with E-state index in [-0.39, 0.29) is 16.8 Å². The average Bonchev–Trinajstić information content (AvgIpc) is 1.90. The van der Waals surface area contributed by atoms with Gasteiger partial charge in [-0.1, -0.05) is 6.07 Å². The summed E-state index contributed by atoms with van der Waals surface area (Å²) < 4.78 is 0. The van der Waals surface area contributed by atoms with Crippen molar-refractivity contribution < 1.29 is 16.8 Å². The van der Waals surface area contributed by atoms with Crippen LogP contribution < -0.4 is 4.90 Å². The molecule has 0 bridgehead atoms. The fourth-order valence-corrected chi connectivity index (χ4v) is 0.618. The van der Waals surface area contributed by atoms with E-state index < -0.39 is 0 Å². The molecule has 0 aliphatic carbocycles. The van der Waals surface area contributed by atoms with Gasteiger partial charge in [-0.15, -0.1) is 0 Å². The van der Waals surface area contributed by atoms with E-state index in [0.717, 1.165) is 5.82 Å². The van der Waals surface area contributed by atoms with Crippen LogP contribution in [0.1, 0.15) is 0 Å². The SMILES string of the molecule is CN(C)c1ccccn1.[Co+2]. The molecule has 0 atom stereocenters. The van der Waals surface area contributed by atoms with E-state index in [1.807, 2.05) is 37.2 Å². The van der Waals surface area contributed by atoms with Crippen molar-refractivity contribution in [1.29, 1.82) is 0 Å². The zero-order valence-electron chi connectivity index (χ0n) is 6.04. The van der Waals surface area contributed by atoms with Crippen LogP contribution in [-0.4, -0.2) is 19.1 Å². The Bertz CT molecular complexity index is 174. The molecule has 0 N–H and O–H groups in total. The minimum absolute atomic E-state index is 0. The molecule has 1 rings (SSSR count). The van der Waals surface area contributed by atoms with Crippen molar-refractivity contribution in [2.24, 2.45) is 0 Å². The summed E-state index contributed by atoms with van der Waals surface area (Å²) in [6, 6.07) is 5.86. The maximum Gasteiger partial charge on any atom is 2.00 e. The van der Waals surface area contributed by atoms with Crippen molar-refractivity contribution in [3.63, 3.8) is 0 Å². The van der Waals surface area contributed by atoms with Crippen molar-refractivity contribution >= 4 is 5.82 Å². The molecule has 1 aromatic rings. The molecule has 0 aliphatic rings. The van der Waals surface area contributed by atoms with E-state index in [0.29, 0.717) is 0 Å². The van der Waals surface area contributed by atoms with Gasteiger partial charge in [-0.25, -0.2) is 4.98 Å². The molecule has 0 spiro atoms. The summed E-state index contributed by atoms with van der Waals surface area (Å²) in [6.07, 6.45) is 1.79. The molecule has 0 aromatic carbocycles. The maximum atomic E-state index is 4.10. The van der Waals surface area contributed by atoms with Crippen LogP contribution in [0.15, 0.2) is 24.4 Å². The summed E-state index contributed by atoms with van der Waals surface area (Å²) in [5, 5.41) is 0. The van der Waals surface area contributed by atoms with Gasteiger partial charge >= 0.3 is 16.8 Å². The minimum atomic E-state index is 0. The Morgan fingerprint density at radius 3 is 2.30 bits per heavy atom. The second-order valence-corrected chi connectivity index (χ2v) is 2.08. The van der Waals surface area contributed by atoms with Gasteiger partial charge in [0.25, 0.3) is 0 Å². The van der Waals surface area contributed by atoms with Gasteiger partial charge in [-0.05, 0) is 12.1 Å². The standard InChI is InChI=1S/C7H10N2.Co/c1-9(2)7-5-3-4-6-8-7;/h3-6H,1-2H3;/q;+2. The van der Waals surface area contributed by atoms with Crippen LogP contribution in [0.2, 0.25) is 0 Å². The zero-order chi connectivity index (χ0) is 6.69. The van der Waals surface area contributed by atoms with Gasteiger partial charge in [-0.3, -0.25) is 0 Å². The Kier molecular flexibility index (Phi) is 4.07. The molecule has 0 unspecified atom stereocenters. The van der Waals surface area contributed by atoms with E-state index in [1.165, 1.54) is 0 Å². The smallest absolute Gasteiger partial charge is 0.363 e. The molecule has 1 radical (unpaired) electrons. The summed E-state index contributed by atoms with van der Waals surface area (Å²) >= 11 is 0. The molecule has 3 heteroatoms. The predicted molar refractivity (Wildman–Crippen MR) is 38.6 cm³/mol. The third kappa shape index (κ3) is 2.37. The van der Waals surface area contributed by atoms with Crippen LogP contribution in [0.3, 0.4) is 0 Å². The van der Waals surface area contributed by atoms with Gasteiger partial charge < -0.3 is 4.90 Å². The maximum absolute atomic E-state index is 4.10. The summed E-state index contributed by atoms with van der Waals surface area (Å²) in [4.78, 5) is 6.08. The fourth-order valence-electron chi connectivity index (χ4n) is 0.618. The van der Waals surface area contributed by atoms with E-state index in [1.54, 1.807) is 6.20 Å². The summed E-state index contributed by atoms with van der Waals surface area (Å²) in [6.45, 7) is 0. The number of pyridine rings is 1. The average molecular weight is 181 g/mol. The molecular weight excluding hydrogens is 171 g/mol. The topological polar surface area (TPSA) is 16.1 Å². The van der Waals surface area contributed by atoms with Crippen LogP contribution in [0.5, 0.6) is 0 Å². The van der Waals surface area contributed by atoms with Crippen molar-refractivity contribution in [1.82, 2.24) is 4.98 Å². The fraction of sp³-hybridized carbons (Fsp3) is 0.286. The molecule has 0 amide bonds. The van der Waals surface area contributed by atoms with E-state index in [9.17, 15) is 0 Å². The van der Waals surface area contributed by atoms with E-state index in [2.05, 4.69) is 4.98 Å². The van der Waals surface area contributed by atoms with Crippen LogP contribution in [0.25, 0.3) is 0 Å². The number of nitrogens with zero attached hydrogens (tertiary/aromatic N) is 2. The Morgan fingerprint density at radius 1 is 1.30 bits per heavy atom. The normalized spacial score (nSPS) is 8.20. The Morgan fingerprint density at radius 2 is 2.00 bits per heavy atom. The number of rotatable bonds is 1. The first-order chi connectivity index (χ1) is 4.30. The quantitative estimate of drug-likeness (QED) is 0.645. The first-order valence-corrected chi connectivity index (χ1v) is 2.89. The predicted octanol–water partition coefficient (Wildman–Crippen LogP) is 1.15. The molecule has 0 aliphatic heterocycles. The molecule has 10 heavy (non-hydrogen) atoms. The molecule has 2 nitrogen and oxygen atoms in total. The monoisotopic (exact) mass is 181 g/mol. The second-order valence-electron chi connectivity index (χ2n) is 2.08. The van der Waals surface area contributed by atoms with Crippen LogP contribution >= 0.6 is 0 Å². The third-order valence-corrected chi connectivity index (χ3v) is 1.11. The number of anilines is 1. The van der Waals surface area contributed by atoms with E-state index in [4.69, 9.17) is 0 Å². The van der Waals surface area contributed by atoms with Gasteiger partial charge in [0, 0.05) is 20.3 Å². The zero-order valence-corrected chi connectivity index (χ0v) is 7.08. The minimum Gasteiger partial charge on any atom is -0.363 e. The Hall–Kier alpha value is -0.544. The van der Waals surface area contributed by atoms with Crippen molar-refractivity contribution in [3.8, 4) is 0 Å². The van der Waals surface area contributed by atoms with Gasteiger partial charge in [0.15, 0.2) is 0 Å². The second kappa shape index (κ2) is 4.30. The van der Waals surface area contributed by atoms with Crippen LogP contribution in [-0.2, 0) is 16.8 Å². The first kappa shape index (κ1) is 9.46. The van der Waals surface area contributed by atoms with Crippen molar-refractivity contribution in [2.45, 2.75) is 0 Å². The summed E-state index contributed by atoms with van der Waals surface area (Å²) in [5.74, 6) is 0.998. The molecular formula is C7H10CoN2+2. The first-order valence-electron chi connectivity index (χ1n) is 2.89. The van der Waals surface area contributed by atoms with E-state index >= 15 is 0 Å². The molecule has 1 heterocycles. The molecule has 1 aromatic heterocycles.